The highest BCUT2D eigenvalue weighted by molar-refractivity contribution is 7.93. The van der Waals surface area contributed by atoms with Gasteiger partial charge in [0.15, 0.2) is 11.2 Å². The molecule has 2 N–H and O–H groups in total. The molecule has 0 amide bonds. The van der Waals surface area contributed by atoms with E-state index >= 15 is 0 Å². The van der Waals surface area contributed by atoms with E-state index in [9.17, 15) is 13.2 Å². The van der Waals surface area contributed by atoms with Crippen LogP contribution in [0.25, 0.3) is 0 Å². The summed E-state index contributed by atoms with van der Waals surface area (Å²) in [5, 5.41) is 5.14. The minimum atomic E-state index is -3.66. The van der Waals surface area contributed by atoms with Crippen molar-refractivity contribution >= 4 is 38.1 Å². The Bertz CT molecular complexity index is 865. The number of benzene rings is 1. The first-order valence-corrected chi connectivity index (χ1v) is 11.3. The van der Waals surface area contributed by atoms with Gasteiger partial charge in [0.05, 0.1) is 4.90 Å². The van der Waals surface area contributed by atoms with Crippen LogP contribution in [0.3, 0.4) is 0 Å². The molecule has 1 aliphatic heterocycles. The second-order valence-corrected chi connectivity index (χ2v) is 8.69. The molecule has 3 rings (SSSR count). The van der Waals surface area contributed by atoms with Gasteiger partial charge >= 0.3 is 5.97 Å². The van der Waals surface area contributed by atoms with Gasteiger partial charge in [-0.2, -0.15) is 0 Å². The zero-order valence-electron chi connectivity index (χ0n) is 16.3. The van der Waals surface area contributed by atoms with Crippen LogP contribution in [0.4, 0.5) is 10.8 Å². The lowest BCUT2D eigenvalue weighted by Gasteiger charge is -2.15. The topological polar surface area (TPSA) is 107 Å². The fourth-order valence-electron chi connectivity index (χ4n) is 2.45. The summed E-state index contributed by atoms with van der Waals surface area (Å²) < 4.78 is 37.5. The van der Waals surface area contributed by atoms with Crippen LogP contribution < -0.4 is 10.0 Å². The molecule has 2 heterocycles. The maximum absolute atomic E-state index is 12.3. The van der Waals surface area contributed by atoms with E-state index < -0.39 is 21.9 Å². The van der Waals surface area contributed by atoms with E-state index in [-0.39, 0.29) is 10.9 Å². The second-order valence-electron chi connectivity index (χ2n) is 6.11. The number of nitrogens with zero attached hydrogens (tertiary/aromatic N) is 1. The van der Waals surface area contributed by atoms with Crippen LogP contribution in [0.1, 0.15) is 34.1 Å². The van der Waals surface area contributed by atoms with Crippen LogP contribution in [0.2, 0.25) is 0 Å². The van der Waals surface area contributed by atoms with Gasteiger partial charge in [0.2, 0.25) is 5.79 Å². The number of anilines is 2. The lowest BCUT2D eigenvalue weighted by molar-refractivity contribution is -0.160. The Labute approximate surface area is 169 Å². The lowest BCUT2D eigenvalue weighted by atomic mass is 10.2. The quantitative estimate of drug-likeness (QED) is 0.652. The Morgan fingerprint density at radius 2 is 1.89 bits per heavy atom. The minimum absolute atomic E-state index is 0.141. The number of hydrogen-bond acceptors (Lipinski definition) is 8. The molecule has 10 heteroatoms. The number of cyclic esters (lactones) is 1. The van der Waals surface area contributed by atoms with Gasteiger partial charge in [0, 0.05) is 44.1 Å². The molecule has 0 radical (unpaired) electrons. The first-order valence-electron chi connectivity index (χ1n) is 8.92. The fourth-order valence-corrected chi connectivity index (χ4v) is 4.24. The molecule has 28 heavy (non-hydrogen) atoms. The molecule has 1 aliphatic rings. The summed E-state index contributed by atoms with van der Waals surface area (Å²) in [4.78, 5) is 15.7. The number of thiazole rings is 1. The van der Waals surface area contributed by atoms with Crippen molar-refractivity contribution in [3.05, 3.63) is 35.8 Å². The minimum Gasteiger partial charge on any atom is -0.432 e. The monoisotopic (exact) mass is 427 g/mol. The Hall–Kier alpha value is -2.17. The molecule has 2 aromatic rings. The van der Waals surface area contributed by atoms with Crippen molar-refractivity contribution in [3.8, 4) is 0 Å². The van der Waals surface area contributed by atoms with Crippen LogP contribution in [0.15, 0.2) is 40.7 Å². The van der Waals surface area contributed by atoms with E-state index in [1.165, 1.54) is 29.7 Å². The van der Waals surface area contributed by atoms with Crippen molar-refractivity contribution in [1.82, 2.24) is 4.98 Å². The molecule has 1 saturated heterocycles. The van der Waals surface area contributed by atoms with Crippen LogP contribution in [-0.4, -0.2) is 37.8 Å². The van der Waals surface area contributed by atoms with E-state index in [0.29, 0.717) is 18.1 Å². The summed E-state index contributed by atoms with van der Waals surface area (Å²) in [7, 11) is -3.66. The smallest absolute Gasteiger partial charge is 0.337 e. The van der Waals surface area contributed by atoms with Gasteiger partial charge in [-0.3, -0.25) is 4.72 Å². The van der Waals surface area contributed by atoms with Crippen molar-refractivity contribution in [2.75, 3.05) is 16.6 Å². The lowest BCUT2D eigenvalue weighted by Crippen LogP contribution is -2.23. The number of aromatic nitrogens is 1. The molecule has 1 aromatic heterocycles. The molecule has 0 aliphatic carbocycles. The number of ether oxygens (including phenoxy) is 2. The van der Waals surface area contributed by atoms with Gasteiger partial charge in [-0.05, 0) is 24.3 Å². The third-order valence-electron chi connectivity index (χ3n) is 3.59. The molecule has 154 valence electrons. The second kappa shape index (κ2) is 9.35. The molecule has 1 unspecified atom stereocenters. The molecule has 1 aromatic carbocycles. The fraction of sp³-hybridized carbons (Fsp3) is 0.444. The molecule has 1 fully saturated rings. The van der Waals surface area contributed by atoms with Crippen LogP contribution >= 0.6 is 11.3 Å². The largest absolute Gasteiger partial charge is 0.432 e. The molecule has 8 nitrogen and oxygen atoms in total. The number of sulfonamides is 1. The average molecular weight is 428 g/mol. The van der Waals surface area contributed by atoms with Gasteiger partial charge in [-0.25, -0.2) is 18.2 Å². The van der Waals surface area contributed by atoms with E-state index in [1.807, 2.05) is 13.8 Å². The highest BCUT2D eigenvalue weighted by Gasteiger charge is 2.40. The zero-order valence-corrected chi connectivity index (χ0v) is 17.9. The number of rotatable bonds is 7. The van der Waals surface area contributed by atoms with Crippen molar-refractivity contribution in [3.63, 3.8) is 0 Å². The molecular formula is C18H25N3O5S2. The maximum atomic E-state index is 12.3. The van der Waals surface area contributed by atoms with Gasteiger partial charge in [0.1, 0.15) is 0 Å². The van der Waals surface area contributed by atoms with E-state index in [0.717, 1.165) is 5.69 Å². The van der Waals surface area contributed by atoms with Gasteiger partial charge in [-0.1, -0.05) is 13.8 Å². The van der Waals surface area contributed by atoms with Gasteiger partial charge < -0.3 is 14.8 Å². The predicted molar refractivity (Wildman–Crippen MR) is 109 cm³/mol. The Kier molecular flexibility index (Phi) is 7.39. The number of carbonyl (C=O) groups excluding carboxylic acids is 1. The van der Waals surface area contributed by atoms with E-state index in [4.69, 9.17) is 9.47 Å². The highest BCUT2D eigenvalue weighted by Crippen LogP contribution is 2.25. The molecule has 0 bridgehead atoms. The normalized spacial score (nSPS) is 18.0. The van der Waals surface area contributed by atoms with Gasteiger partial charge in [-0.15, -0.1) is 11.3 Å². The van der Waals surface area contributed by atoms with Crippen molar-refractivity contribution in [1.29, 1.82) is 0 Å². The molecular weight excluding hydrogens is 402 g/mol. The summed E-state index contributed by atoms with van der Waals surface area (Å²) in [6, 6.07) is 6.33. The van der Waals surface area contributed by atoms with Crippen molar-refractivity contribution in [2.45, 2.75) is 50.9 Å². The summed E-state index contributed by atoms with van der Waals surface area (Å²) in [6.45, 7) is 7.87. The van der Waals surface area contributed by atoms with E-state index in [1.54, 1.807) is 31.4 Å². The third-order valence-corrected chi connectivity index (χ3v) is 5.76. The molecule has 1 atom stereocenters. The summed E-state index contributed by atoms with van der Waals surface area (Å²) in [6.07, 6.45) is 1.38. The number of hydrogen-bond donors (Lipinski definition) is 2. The standard InChI is InChI=1S/C16H19N3O5S2.C2H6/c1-16(2)23-13(14(20)24-16)7-8-17-11-3-5-12(6-4-11)26(21,22)19-15-18-9-10-25-15;1-2/h3-6,9-10,13,17H,7-8H2,1-2H3,(H,18,19);1-2H3. The summed E-state index contributed by atoms with van der Waals surface area (Å²) >= 11 is 1.21. The van der Waals surface area contributed by atoms with Crippen LogP contribution in [-0.2, 0) is 24.3 Å². The Morgan fingerprint density at radius 1 is 1.21 bits per heavy atom. The Balaban J connectivity index is 0.00000136. The van der Waals surface area contributed by atoms with Crippen molar-refractivity contribution in [2.24, 2.45) is 0 Å². The number of nitrogens with one attached hydrogen (secondary N) is 2. The van der Waals surface area contributed by atoms with Crippen molar-refractivity contribution < 1.29 is 22.7 Å². The maximum Gasteiger partial charge on any atom is 0.337 e. The molecule has 0 saturated carbocycles. The number of esters is 1. The highest BCUT2D eigenvalue weighted by atomic mass is 32.2. The Morgan fingerprint density at radius 3 is 2.43 bits per heavy atom. The van der Waals surface area contributed by atoms with Gasteiger partial charge in [0.25, 0.3) is 10.0 Å². The number of carbonyl (C=O) groups is 1. The zero-order chi connectivity index (χ0) is 20.8. The van der Waals surface area contributed by atoms with Crippen LogP contribution in [0, 0.1) is 0 Å². The first-order chi connectivity index (χ1) is 13.3. The SMILES string of the molecule is CC.CC1(C)OC(=O)C(CCNc2ccc(S(=O)(=O)Nc3nccs3)cc2)O1. The van der Waals surface area contributed by atoms with E-state index in [2.05, 4.69) is 15.0 Å². The predicted octanol–water partition coefficient (Wildman–Crippen LogP) is 3.45. The summed E-state index contributed by atoms with van der Waals surface area (Å²) in [5.74, 6) is -1.26. The van der Waals surface area contributed by atoms with Crippen LogP contribution in [0.5, 0.6) is 0 Å². The molecule has 0 spiro atoms. The first kappa shape index (κ1) is 22.1. The third kappa shape index (κ3) is 5.91. The average Bonchev–Trinajstić information content (AvgIpc) is 3.23. The summed E-state index contributed by atoms with van der Waals surface area (Å²) in [5.41, 5.74) is 0.740.